The molecule has 6 rings (SSSR count). The molecule has 0 unspecified atom stereocenters. The normalized spacial score (nSPS) is 20.2. The van der Waals surface area contributed by atoms with Crippen molar-refractivity contribution in [1.82, 2.24) is 30.0 Å². The predicted molar refractivity (Wildman–Crippen MR) is 172 cm³/mol. The van der Waals surface area contributed by atoms with Crippen LogP contribution >= 0.6 is 12.2 Å². The molecule has 0 saturated carbocycles. The third-order valence-corrected chi connectivity index (χ3v) is 9.40. The Kier molecular flexibility index (Phi) is 9.30. The zero-order valence-electron chi connectivity index (χ0n) is 26.4. The van der Waals surface area contributed by atoms with E-state index in [0.29, 0.717) is 55.0 Å². The van der Waals surface area contributed by atoms with Crippen molar-refractivity contribution >= 4 is 45.4 Å². The van der Waals surface area contributed by atoms with Gasteiger partial charge in [-0.05, 0) is 32.0 Å². The van der Waals surface area contributed by atoms with Gasteiger partial charge in [-0.1, -0.05) is 18.3 Å². The maximum absolute atomic E-state index is 14.5. The lowest BCUT2D eigenvalue weighted by atomic mass is 9.98. The van der Waals surface area contributed by atoms with Gasteiger partial charge in [-0.25, -0.2) is 8.78 Å². The molecule has 0 spiro atoms. The van der Waals surface area contributed by atoms with Gasteiger partial charge in [-0.2, -0.15) is 28.2 Å². The first-order valence-electron chi connectivity index (χ1n) is 15.5. The quantitative estimate of drug-likeness (QED) is 0.206. The van der Waals surface area contributed by atoms with Crippen LogP contribution in [0.1, 0.15) is 28.8 Å². The molecule has 2 N–H and O–H groups in total. The van der Waals surface area contributed by atoms with Crippen molar-refractivity contribution < 1.29 is 36.6 Å². The van der Waals surface area contributed by atoms with Crippen LogP contribution < -0.4 is 14.5 Å². The van der Waals surface area contributed by atoms with E-state index in [2.05, 4.69) is 15.2 Å². The summed E-state index contributed by atoms with van der Waals surface area (Å²) >= 11 is 5.47. The predicted octanol–water partition coefficient (Wildman–Crippen LogP) is 3.53. The molecule has 0 radical (unpaired) electrons. The lowest BCUT2D eigenvalue weighted by Gasteiger charge is -2.38. The summed E-state index contributed by atoms with van der Waals surface area (Å²) in [5, 5.41) is 16.1. The van der Waals surface area contributed by atoms with Crippen LogP contribution in [0.4, 0.5) is 33.5 Å². The van der Waals surface area contributed by atoms with Crippen molar-refractivity contribution in [2.45, 2.75) is 44.5 Å². The second-order valence-electron chi connectivity index (χ2n) is 12.3. The number of nitrogens with zero attached hydrogens (tertiary/aromatic N) is 7. The number of aromatic amines is 1. The topological polar surface area (TPSA) is 114 Å². The van der Waals surface area contributed by atoms with Gasteiger partial charge in [0.1, 0.15) is 12.4 Å². The summed E-state index contributed by atoms with van der Waals surface area (Å²) in [6, 6.07) is 0.689. The fourth-order valence-electron chi connectivity index (χ4n) is 6.76. The SMILES string of the molecule is Cc1cc2[nH]ncc2c(N2CCc3c(nc(OCC(=S)[C@@H]4CC(F)(F)CN4C)nc3N3CCN(C(=O)/C=C/CO)CC3)C2)c1C(F)(F)F. The monoisotopic (exact) mass is 694 g/mol. The van der Waals surface area contributed by atoms with Gasteiger partial charge in [-0.15, -0.1) is 0 Å². The molecule has 1 amide bonds. The molecule has 1 atom stereocenters. The van der Waals surface area contributed by atoms with Crippen LogP contribution in [0.5, 0.6) is 6.01 Å². The van der Waals surface area contributed by atoms with Gasteiger partial charge >= 0.3 is 12.2 Å². The maximum Gasteiger partial charge on any atom is 0.418 e. The number of aliphatic hydroxyl groups excluding tert-OH is 1. The molecule has 0 bridgehead atoms. The number of hydrogen-bond donors (Lipinski definition) is 2. The number of carbonyl (C=O) groups excluding carboxylic acids is 1. The van der Waals surface area contributed by atoms with Gasteiger partial charge in [-0.3, -0.25) is 14.8 Å². The molecule has 2 saturated heterocycles. The Morgan fingerprint density at radius 3 is 2.60 bits per heavy atom. The second kappa shape index (κ2) is 13.2. The van der Waals surface area contributed by atoms with Crippen LogP contribution in [-0.2, 0) is 23.9 Å². The van der Waals surface area contributed by atoms with Gasteiger partial charge in [0.25, 0.3) is 5.92 Å². The van der Waals surface area contributed by atoms with Gasteiger partial charge in [0, 0.05) is 61.0 Å². The Labute approximate surface area is 278 Å². The summed E-state index contributed by atoms with van der Waals surface area (Å²) in [6.07, 6.45) is -0.645. The number of rotatable bonds is 8. The van der Waals surface area contributed by atoms with Crippen LogP contribution in [0, 0.1) is 6.92 Å². The highest BCUT2D eigenvalue weighted by atomic mass is 32.1. The van der Waals surface area contributed by atoms with Crippen LogP contribution in [0.15, 0.2) is 24.4 Å². The highest BCUT2D eigenvalue weighted by Crippen LogP contribution is 2.44. The van der Waals surface area contributed by atoms with Crippen molar-refractivity contribution in [2.24, 2.45) is 0 Å². The molecule has 17 heteroatoms. The van der Waals surface area contributed by atoms with Crippen LogP contribution in [0.3, 0.4) is 0 Å². The zero-order valence-corrected chi connectivity index (χ0v) is 27.2. The lowest BCUT2D eigenvalue weighted by molar-refractivity contribution is -0.137. The molecule has 48 heavy (non-hydrogen) atoms. The molecule has 1 aromatic carbocycles. The van der Waals surface area contributed by atoms with E-state index in [1.54, 1.807) is 16.8 Å². The molecule has 5 heterocycles. The molecule has 2 fully saturated rings. The number of benzene rings is 1. The van der Waals surface area contributed by atoms with Crippen LogP contribution in [-0.4, -0.2) is 117 Å². The molecule has 3 aliphatic rings. The zero-order chi connectivity index (χ0) is 34.4. The lowest BCUT2D eigenvalue weighted by Crippen LogP contribution is -2.49. The molecule has 3 aliphatic heterocycles. The van der Waals surface area contributed by atoms with Crippen LogP contribution in [0.25, 0.3) is 10.9 Å². The summed E-state index contributed by atoms with van der Waals surface area (Å²) in [7, 11) is 1.57. The first kappa shape index (κ1) is 33.9. The third kappa shape index (κ3) is 6.80. The number of amides is 1. The highest BCUT2D eigenvalue weighted by molar-refractivity contribution is 7.80. The number of aryl methyl sites for hydroxylation is 1. The number of hydrogen-bond acceptors (Lipinski definition) is 10. The average molecular weight is 695 g/mol. The molecular formula is C31H35F5N8O3S. The average Bonchev–Trinajstić information content (AvgIpc) is 3.62. The molecule has 0 aliphatic carbocycles. The first-order chi connectivity index (χ1) is 22.8. The standard InChI is InChI=1S/C31H35F5N8O3S/c1-18-12-21-20(14-37-40-21)27(26(18)31(34,35)36)44-6-5-19-22(15-44)38-29(47-16-24(48)23-13-30(32,33)17-41(23)2)39-28(19)43-9-7-42(8-10-43)25(46)4-3-11-45/h3-4,12,14,23,45H,5-11,13,15-17H2,1-2H3,(H,37,40)/b4-3+/t23-/m0/s1. The Bertz CT molecular complexity index is 1740. The van der Waals surface area contributed by atoms with E-state index in [9.17, 15) is 26.7 Å². The number of carbonyl (C=O) groups is 1. The largest absolute Gasteiger partial charge is 0.458 e. The van der Waals surface area contributed by atoms with Crippen molar-refractivity contribution in [1.29, 1.82) is 0 Å². The van der Waals surface area contributed by atoms with E-state index >= 15 is 0 Å². The number of aromatic nitrogens is 4. The summed E-state index contributed by atoms with van der Waals surface area (Å²) in [6.45, 7) is 2.38. The third-order valence-electron chi connectivity index (χ3n) is 9.02. The van der Waals surface area contributed by atoms with Crippen molar-refractivity contribution in [3.63, 3.8) is 0 Å². The van der Waals surface area contributed by atoms with Gasteiger partial charge in [0.15, 0.2) is 0 Å². The Morgan fingerprint density at radius 1 is 1.19 bits per heavy atom. The number of anilines is 2. The van der Waals surface area contributed by atoms with E-state index in [0.717, 1.165) is 5.56 Å². The van der Waals surface area contributed by atoms with E-state index in [1.165, 1.54) is 36.2 Å². The van der Waals surface area contributed by atoms with Crippen molar-refractivity contribution in [3.8, 4) is 6.01 Å². The first-order valence-corrected chi connectivity index (χ1v) is 15.9. The number of halogens is 5. The number of fused-ring (bicyclic) bond motifs is 2. The number of nitrogens with one attached hydrogen (secondary N) is 1. The molecule has 11 nitrogen and oxygen atoms in total. The number of likely N-dealkylation sites (tertiary alicyclic amines) is 1. The van der Waals surface area contributed by atoms with Gasteiger partial charge < -0.3 is 24.5 Å². The number of alkyl halides is 5. The summed E-state index contributed by atoms with van der Waals surface area (Å²) in [5.74, 6) is -2.56. The number of aliphatic hydroxyl groups is 1. The minimum atomic E-state index is -4.63. The number of piperazine rings is 1. The second-order valence-corrected chi connectivity index (χ2v) is 12.8. The van der Waals surface area contributed by atoms with Crippen LogP contribution in [0.2, 0.25) is 0 Å². The van der Waals surface area contributed by atoms with E-state index < -0.39 is 36.7 Å². The Hall–Kier alpha value is -3.96. The number of thiocarbonyl (C=S) groups is 1. The minimum Gasteiger partial charge on any atom is -0.458 e. The molecular weight excluding hydrogens is 659 g/mol. The minimum absolute atomic E-state index is 0.00830. The fourth-order valence-corrected chi connectivity index (χ4v) is 7.09. The van der Waals surface area contributed by atoms with Gasteiger partial charge in [0.05, 0.1) is 54.4 Å². The summed E-state index contributed by atoms with van der Waals surface area (Å²) in [5.41, 5.74) is 1.02. The smallest absolute Gasteiger partial charge is 0.418 e. The molecule has 2 aromatic heterocycles. The highest BCUT2D eigenvalue weighted by Gasteiger charge is 2.45. The summed E-state index contributed by atoms with van der Waals surface area (Å²) in [4.78, 5) is 28.8. The Morgan fingerprint density at radius 2 is 1.94 bits per heavy atom. The van der Waals surface area contributed by atoms with Crippen molar-refractivity contribution in [2.75, 3.05) is 69.3 Å². The van der Waals surface area contributed by atoms with Crippen molar-refractivity contribution in [3.05, 3.63) is 46.8 Å². The summed E-state index contributed by atoms with van der Waals surface area (Å²) < 4.78 is 77.5. The van der Waals surface area contributed by atoms with Gasteiger partial charge in [0.2, 0.25) is 5.91 Å². The Balaban J connectivity index is 1.32. The number of H-pyrrole nitrogens is 1. The van der Waals surface area contributed by atoms with E-state index in [-0.39, 0.29) is 54.3 Å². The molecule has 3 aromatic rings. The van der Waals surface area contributed by atoms with E-state index in [4.69, 9.17) is 27.0 Å². The van der Waals surface area contributed by atoms with E-state index in [1.807, 2.05) is 4.90 Å². The fraction of sp³-hybridized carbons (Fsp3) is 0.516. The number of ether oxygens (including phenoxy) is 1. The molecule has 258 valence electrons. The maximum atomic E-state index is 14.5.